The lowest BCUT2D eigenvalue weighted by Crippen LogP contribution is -2.33. The van der Waals surface area contributed by atoms with E-state index in [1.807, 2.05) is 39.0 Å². The standard InChI is InChI=1S/C15H22N2O3/c1-4-12(8-14(18)19)9-16-15(20)17-13-7-5-6-10(2)11(13)3/h5-7,12H,4,8-9H2,1-3H3,(H,18,19)(H2,16,17,20). The van der Waals surface area contributed by atoms with Crippen molar-refractivity contribution < 1.29 is 14.7 Å². The van der Waals surface area contributed by atoms with Crippen molar-refractivity contribution in [1.82, 2.24) is 5.32 Å². The molecule has 0 bridgehead atoms. The molecule has 2 amide bonds. The van der Waals surface area contributed by atoms with Gasteiger partial charge in [0.2, 0.25) is 0 Å². The summed E-state index contributed by atoms with van der Waals surface area (Å²) in [5.74, 6) is -0.884. The van der Waals surface area contributed by atoms with Gasteiger partial charge < -0.3 is 15.7 Å². The van der Waals surface area contributed by atoms with E-state index in [9.17, 15) is 9.59 Å². The molecular weight excluding hydrogens is 256 g/mol. The Morgan fingerprint density at radius 3 is 2.60 bits per heavy atom. The number of carbonyl (C=O) groups is 2. The molecule has 0 radical (unpaired) electrons. The monoisotopic (exact) mass is 278 g/mol. The quantitative estimate of drug-likeness (QED) is 0.748. The number of carboxylic acid groups (broad SMARTS) is 1. The molecule has 0 saturated carbocycles. The largest absolute Gasteiger partial charge is 0.481 e. The fourth-order valence-electron chi connectivity index (χ4n) is 1.90. The third-order valence-corrected chi connectivity index (χ3v) is 3.44. The zero-order valence-electron chi connectivity index (χ0n) is 12.2. The van der Waals surface area contributed by atoms with Gasteiger partial charge in [-0.25, -0.2) is 4.79 Å². The van der Waals surface area contributed by atoms with Gasteiger partial charge in [-0.2, -0.15) is 0 Å². The van der Waals surface area contributed by atoms with Gasteiger partial charge in [0.1, 0.15) is 0 Å². The molecule has 5 heteroatoms. The summed E-state index contributed by atoms with van der Waals surface area (Å²) in [6, 6.07) is 5.41. The number of anilines is 1. The number of hydrogen-bond donors (Lipinski definition) is 3. The van der Waals surface area contributed by atoms with E-state index in [0.29, 0.717) is 6.54 Å². The fraction of sp³-hybridized carbons (Fsp3) is 0.467. The number of aryl methyl sites for hydroxylation is 1. The molecule has 1 rings (SSSR count). The summed E-state index contributed by atoms with van der Waals surface area (Å²) in [5.41, 5.74) is 2.91. The molecule has 1 aromatic carbocycles. The lowest BCUT2D eigenvalue weighted by molar-refractivity contribution is -0.138. The molecule has 0 heterocycles. The van der Waals surface area contributed by atoms with Crippen LogP contribution >= 0.6 is 0 Å². The topological polar surface area (TPSA) is 78.4 Å². The molecule has 5 nitrogen and oxygen atoms in total. The highest BCUT2D eigenvalue weighted by molar-refractivity contribution is 5.90. The van der Waals surface area contributed by atoms with E-state index in [0.717, 1.165) is 23.2 Å². The van der Waals surface area contributed by atoms with E-state index < -0.39 is 5.97 Å². The number of aliphatic carboxylic acids is 1. The summed E-state index contributed by atoms with van der Waals surface area (Å²) < 4.78 is 0. The van der Waals surface area contributed by atoms with Crippen LogP contribution in [0.3, 0.4) is 0 Å². The fourth-order valence-corrected chi connectivity index (χ4v) is 1.90. The van der Waals surface area contributed by atoms with Crippen LogP contribution in [0.25, 0.3) is 0 Å². The van der Waals surface area contributed by atoms with Crippen molar-refractivity contribution in [1.29, 1.82) is 0 Å². The van der Waals surface area contributed by atoms with Crippen LogP contribution in [0.5, 0.6) is 0 Å². The molecule has 0 aliphatic heterocycles. The van der Waals surface area contributed by atoms with Crippen molar-refractivity contribution in [3.05, 3.63) is 29.3 Å². The maximum Gasteiger partial charge on any atom is 0.319 e. The number of hydrogen-bond acceptors (Lipinski definition) is 2. The van der Waals surface area contributed by atoms with Gasteiger partial charge in [0.25, 0.3) is 0 Å². The Kier molecular flexibility index (Phi) is 6.03. The third kappa shape index (κ3) is 4.91. The normalized spacial score (nSPS) is 11.8. The number of rotatable bonds is 6. The molecule has 110 valence electrons. The molecule has 0 spiro atoms. The van der Waals surface area contributed by atoms with Gasteiger partial charge in [0, 0.05) is 18.7 Å². The van der Waals surface area contributed by atoms with Crippen LogP contribution in [-0.4, -0.2) is 23.7 Å². The van der Waals surface area contributed by atoms with E-state index in [1.54, 1.807) is 0 Å². The summed E-state index contributed by atoms with van der Waals surface area (Å²) in [4.78, 5) is 22.5. The van der Waals surface area contributed by atoms with Crippen LogP contribution in [-0.2, 0) is 4.79 Å². The van der Waals surface area contributed by atoms with Crippen molar-refractivity contribution >= 4 is 17.7 Å². The highest BCUT2D eigenvalue weighted by Crippen LogP contribution is 2.17. The minimum Gasteiger partial charge on any atom is -0.481 e. The Morgan fingerprint density at radius 2 is 2.00 bits per heavy atom. The van der Waals surface area contributed by atoms with Crippen LogP contribution < -0.4 is 10.6 Å². The van der Waals surface area contributed by atoms with Gasteiger partial charge in [0.05, 0.1) is 0 Å². The molecule has 3 N–H and O–H groups in total. The van der Waals surface area contributed by atoms with E-state index in [-0.39, 0.29) is 18.4 Å². The Morgan fingerprint density at radius 1 is 1.30 bits per heavy atom. The first-order valence-corrected chi connectivity index (χ1v) is 6.76. The maximum atomic E-state index is 11.8. The number of carboxylic acids is 1. The zero-order valence-corrected chi connectivity index (χ0v) is 12.2. The number of benzene rings is 1. The van der Waals surface area contributed by atoms with Crippen molar-refractivity contribution in [2.45, 2.75) is 33.6 Å². The predicted molar refractivity (Wildman–Crippen MR) is 79.0 cm³/mol. The SMILES string of the molecule is CCC(CNC(=O)Nc1cccc(C)c1C)CC(=O)O. The van der Waals surface area contributed by atoms with E-state index >= 15 is 0 Å². The average molecular weight is 278 g/mol. The summed E-state index contributed by atoms with van der Waals surface area (Å²) in [6.07, 6.45) is 0.788. The third-order valence-electron chi connectivity index (χ3n) is 3.44. The van der Waals surface area contributed by atoms with Crippen LogP contribution in [0.1, 0.15) is 30.9 Å². The van der Waals surface area contributed by atoms with Gasteiger partial charge >= 0.3 is 12.0 Å². The Balaban J connectivity index is 2.51. The van der Waals surface area contributed by atoms with E-state index in [4.69, 9.17) is 5.11 Å². The summed E-state index contributed by atoms with van der Waals surface area (Å²) in [6.45, 7) is 6.21. The molecular formula is C15H22N2O3. The summed E-state index contributed by atoms with van der Waals surface area (Å²) in [5, 5.41) is 14.3. The second kappa shape index (κ2) is 7.53. The molecule has 0 aliphatic carbocycles. The van der Waals surface area contributed by atoms with Crippen LogP contribution in [0.4, 0.5) is 10.5 Å². The van der Waals surface area contributed by atoms with Gasteiger partial charge in [-0.3, -0.25) is 4.79 Å². The van der Waals surface area contributed by atoms with Gasteiger partial charge in [0.15, 0.2) is 0 Å². The number of carbonyl (C=O) groups excluding carboxylic acids is 1. The smallest absolute Gasteiger partial charge is 0.319 e. The second-order valence-corrected chi connectivity index (χ2v) is 4.95. The minimum atomic E-state index is -0.839. The molecule has 1 aromatic rings. The summed E-state index contributed by atoms with van der Waals surface area (Å²) in [7, 11) is 0. The number of nitrogens with one attached hydrogen (secondary N) is 2. The molecule has 1 atom stereocenters. The van der Waals surface area contributed by atoms with Crippen LogP contribution in [0.2, 0.25) is 0 Å². The zero-order chi connectivity index (χ0) is 15.1. The number of urea groups is 1. The average Bonchev–Trinajstić information content (AvgIpc) is 2.39. The van der Waals surface area contributed by atoms with Crippen molar-refractivity contribution in [2.24, 2.45) is 5.92 Å². The van der Waals surface area contributed by atoms with Crippen molar-refractivity contribution in [3.63, 3.8) is 0 Å². The lowest BCUT2D eigenvalue weighted by Gasteiger charge is -2.15. The highest BCUT2D eigenvalue weighted by Gasteiger charge is 2.13. The predicted octanol–water partition coefficient (Wildman–Crippen LogP) is 2.93. The van der Waals surface area contributed by atoms with E-state index in [2.05, 4.69) is 10.6 Å². The first-order valence-electron chi connectivity index (χ1n) is 6.76. The highest BCUT2D eigenvalue weighted by atomic mass is 16.4. The maximum absolute atomic E-state index is 11.8. The Hall–Kier alpha value is -2.04. The molecule has 1 unspecified atom stereocenters. The van der Waals surface area contributed by atoms with Gasteiger partial charge in [-0.1, -0.05) is 25.5 Å². The Labute approximate surface area is 119 Å². The van der Waals surface area contributed by atoms with Crippen molar-refractivity contribution in [3.8, 4) is 0 Å². The van der Waals surface area contributed by atoms with E-state index in [1.165, 1.54) is 0 Å². The molecule has 20 heavy (non-hydrogen) atoms. The summed E-state index contributed by atoms with van der Waals surface area (Å²) >= 11 is 0. The van der Waals surface area contributed by atoms with Crippen LogP contribution in [0.15, 0.2) is 18.2 Å². The van der Waals surface area contributed by atoms with Gasteiger partial charge in [-0.15, -0.1) is 0 Å². The van der Waals surface area contributed by atoms with Gasteiger partial charge in [-0.05, 0) is 37.0 Å². The molecule has 0 aliphatic rings. The lowest BCUT2D eigenvalue weighted by atomic mass is 10.0. The first kappa shape index (κ1) is 16.0. The first-order chi connectivity index (χ1) is 9.43. The number of amides is 2. The minimum absolute atomic E-state index is 0.0446. The Bertz CT molecular complexity index is 486. The molecule has 0 aromatic heterocycles. The second-order valence-electron chi connectivity index (χ2n) is 4.95. The molecule has 0 fully saturated rings. The van der Waals surface area contributed by atoms with Crippen LogP contribution in [0, 0.1) is 19.8 Å². The van der Waals surface area contributed by atoms with Crippen molar-refractivity contribution in [2.75, 3.05) is 11.9 Å². The molecule has 0 saturated heterocycles.